The van der Waals surface area contributed by atoms with Gasteiger partial charge < -0.3 is 0 Å². The maximum Gasteiger partial charge on any atom is 0.00621 e. The first-order valence-electron chi connectivity index (χ1n) is 14.4. The maximum absolute atomic E-state index is 2.43. The molecule has 1 atom stereocenters. The zero-order valence-electron chi connectivity index (χ0n) is 22.5. The summed E-state index contributed by atoms with van der Waals surface area (Å²) in [6, 6.07) is 33.5. The molecule has 0 heteroatoms. The Hall–Kier alpha value is -4.68. The Kier molecular flexibility index (Phi) is 5.52. The van der Waals surface area contributed by atoms with Crippen LogP contribution in [-0.4, -0.2) is 0 Å². The molecule has 0 saturated heterocycles. The number of benzene rings is 5. The van der Waals surface area contributed by atoms with Crippen molar-refractivity contribution in [3.63, 3.8) is 0 Å². The molecule has 0 bridgehead atoms. The highest BCUT2D eigenvalue weighted by Gasteiger charge is 2.24. The SMILES string of the molecule is C1=CCCC(C2=CC3=CC=C(c4c5ccccc5c(-c5cccc6ccccc56)c5ccccc45)CC3C=C2)=C1. The van der Waals surface area contributed by atoms with E-state index < -0.39 is 0 Å². The number of allylic oxidation sites excluding steroid dienone is 12. The molecule has 190 valence electrons. The molecule has 3 aliphatic carbocycles. The molecule has 0 heterocycles. The van der Waals surface area contributed by atoms with Crippen LogP contribution in [0.5, 0.6) is 0 Å². The zero-order valence-corrected chi connectivity index (χ0v) is 22.5. The van der Waals surface area contributed by atoms with Crippen molar-refractivity contribution in [2.24, 2.45) is 5.92 Å². The fourth-order valence-electron chi connectivity index (χ4n) is 6.96. The van der Waals surface area contributed by atoms with Gasteiger partial charge in [0.2, 0.25) is 0 Å². The first-order valence-corrected chi connectivity index (χ1v) is 14.4. The quantitative estimate of drug-likeness (QED) is 0.212. The van der Waals surface area contributed by atoms with E-state index in [0.29, 0.717) is 5.92 Å². The van der Waals surface area contributed by atoms with Gasteiger partial charge in [-0.15, -0.1) is 0 Å². The third-order valence-corrected chi connectivity index (χ3v) is 8.87. The van der Waals surface area contributed by atoms with Crippen molar-refractivity contribution >= 4 is 37.9 Å². The highest BCUT2D eigenvalue weighted by atomic mass is 14.3. The van der Waals surface area contributed by atoms with Crippen LogP contribution in [-0.2, 0) is 0 Å². The molecule has 0 radical (unpaired) electrons. The maximum atomic E-state index is 2.43. The van der Waals surface area contributed by atoms with Gasteiger partial charge in [-0.05, 0) is 90.6 Å². The molecule has 0 amide bonds. The summed E-state index contributed by atoms with van der Waals surface area (Å²) < 4.78 is 0. The van der Waals surface area contributed by atoms with E-state index in [2.05, 4.69) is 140 Å². The Morgan fingerprint density at radius 3 is 1.98 bits per heavy atom. The summed E-state index contributed by atoms with van der Waals surface area (Å²) >= 11 is 0. The number of fused-ring (bicyclic) bond motifs is 4. The number of hydrogen-bond acceptors (Lipinski definition) is 0. The Labute approximate surface area is 235 Å². The van der Waals surface area contributed by atoms with Crippen molar-refractivity contribution in [1.29, 1.82) is 0 Å². The standard InChI is InChI=1S/C40H30/c1-2-11-27(12-3-1)29-21-22-31-26-32(24-23-30(31)25-29)39-35-16-6-8-18-37(35)40(38-19-9-7-17-36(38)39)34-20-10-14-28-13-4-5-15-33(28)34/h1-2,4-11,13-25,31H,3,12,26H2. The minimum Gasteiger partial charge on any atom is -0.0842 e. The second kappa shape index (κ2) is 9.50. The molecular formula is C40H30. The van der Waals surface area contributed by atoms with Crippen LogP contribution in [0.15, 0.2) is 156 Å². The van der Waals surface area contributed by atoms with E-state index in [1.807, 2.05) is 0 Å². The Morgan fingerprint density at radius 1 is 0.575 bits per heavy atom. The second-order valence-electron chi connectivity index (χ2n) is 11.2. The molecule has 1 unspecified atom stereocenters. The lowest BCUT2D eigenvalue weighted by Crippen LogP contribution is -2.10. The highest BCUT2D eigenvalue weighted by Crippen LogP contribution is 2.46. The fraction of sp³-hybridized carbons (Fsp3) is 0.100. The molecule has 0 saturated carbocycles. The van der Waals surface area contributed by atoms with E-state index in [1.165, 1.54) is 71.3 Å². The lowest BCUT2D eigenvalue weighted by molar-refractivity contribution is 0.788. The van der Waals surface area contributed by atoms with E-state index in [1.54, 1.807) is 0 Å². The fourth-order valence-corrected chi connectivity index (χ4v) is 6.96. The van der Waals surface area contributed by atoms with Gasteiger partial charge in [0.1, 0.15) is 0 Å². The Bertz CT molecular complexity index is 1960. The van der Waals surface area contributed by atoms with Crippen LogP contribution < -0.4 is 0 Å². The monoisotopic (exact) mass is 510 g/mol. The van der Waals surface area contributed by atoms with Crippen molar-refractivity contribution in [1.82, 2.24) is 0 Å². The van der Waals surface area contributed by atoms with Crippen LogP contribution >= 0.6 is 0 Å². The highest BCUT2D eigenvalue weighted by molar-refractivity contribution is 6.21. The molecule has 3 aliphatic rings. The van der Waals surface area contributed by atoms with E-state index in [-0.39, 0.29) is 0 Å². The van der Waals surface area contributed by atoms with Crippen LogP contribution in [0.25, 0.3) is 49.0 Å². The second-order valence-corrected chi connectivity index (χ2v) is 11.2. The van der Waals surface area contributed by atoms with Gasteiger partial charge in [-0.2, -0.15) is 0 Å². The van der Waals surface area contributed by atoms with Crippen molar-refractivity contribution in [2.45, 2.75) is 19.3 Å². The zero-order chi connectivity index (χ0) is 26.5. The van der Waals surface area contributed by atoms with Crippen LogP contribution in [0.4, 0.5) is 0 Å². The third-order valence-electron chi connectivity index (χ3n) is 8.87. The molecule has 0 aromatic heterocycles. The molecule has 5 aromatic rings. The van der Waals surface area contributed by atoms with Crippen LogP contribution in [0, 0.1) is 5.92 Å². The largest absolute Gasteiger partial charge is 0.0842 e. The number of hydrogen-bond donors (Lipinski definition) is 0. The summed E-state index contributed by atoms with van der Waals surface area (Å²) in [5, 5.41) is 7.89. The molecule has 0 N–H and O–H groups in total. The molecule has 0 spiro atoms. The van der Waals surface area contributed by atoms with Gasteiger partial charge in [-0.3, -0.25) is 0 Å². The van der Waals surface area contributed by atoms with E-state index >= 15 is 0 Å². The summed E-state index contributed by atoms with van der Waals surface area (Å²) in [4.78, 5) is 0. The molecule has 0 nitrogen and oxygen atoms in total. The van der Waals surface area contributed by atoms with Crippen molar-refractivity contribution < 1.29 is 0 Å². The van der Waals surface area contributed by atoms with Gasteiger partial charge >= 0.3 is 0 Å². The van der Waals surface area contributed by atoms with Gasteiger partial charge in [0, 0.05) is 5.92 Å². The first-order chi connectivity index (χ1) is 19.8. The predicted octanol–water partition coefficient (Wildman–Crippen LogP) is 10.9. The van der Waals surface area contributed by atoms with Gasteiger partial charge in [0.25, 0.3) is 0 Å². The minimum atomic E-state index is 0.416. The Morgan fingerprint density at radius 2 is 1.25 bits per heavy atom. The van der Waals surface area contributed by atoms with Crippen LogP contribution in [0.1, 0.15) is 24.8 Å². The molecule has 0 aliphatic heterocycles. The van der Waals surface area contributed by atoms with Gasteiger partial charge in [0.15, 0.2) is 0 Å². The van der Waals surface area contributed by atoms with Crippen LogP contribution in [0.3, 0.4) is 0 Å². The minimum absolute atomic E-state index is 0.416. The number of rotatable bonds is 3. The molecular weight excluding hydrogens is 480 g/mol. The summed E-state index contributed by atoms with van der Waals surface area (Å²) in [6.07, 6.45) is 22.0. The lowest BCUT2D eigenvalue weighted by atomic mass is 9.77. The van der Waals surface area contributed by atoms with Crippen molar-refractivity contribution in [2.75, 3.05) is 0 Å². The molecule has 40 heavy (non-hydrogen) atoms. The van der Waals surface area contributed by atoms with E-state index in [9.17, 15) is 0 Å². The molecule has 8 rings (SSSR count). The topological polar surface area (TPSA) is 0 Å². The smallest absolute Gasteiger partial charge is 0.00621 e. The van der Waals surface area contributed by atoms with E-state index in [4.69, 9.17) is 0 Å². The summed E-state index contributed by atoms with van der Waals surface area (Å²) in [5.74, 6) is 0.416. The van der Waals surface area contributed by atoms with Crippen molar-refractivity contribution in [3.8, 4) is 11.1 Å². The third kappa shape index (κ3) is 3.75. The summed E-state index contributed by atoms with van der Waals surface area (Å²) in [6.45, 7) is 0. The average molecular weight is 511 g/mol. The first kappa shape index (κ1) is 23.2. The predicted molar refractivity (Wildman–Crippen MR) is 172 cm³/mol. The Balaban J connectivity index is 1.34. The summed E-state index contributed by atoms with van der Waals surface area (Å²) in [5.41, 5.74) is 9.70. The van der Waals surface area contributed by atoms with Gasteiger partial charge in [0.05, 0.1) is 0 Å². The van der Waals surface area contributed by atoms with Crippen LogP contribution in [0.2, 0.25) is 0 Å². The molecule has 5 aromatic carbocycles. The molecule has 0 fully saturated rings. The summed E-state index contributed by atoms with van der Waals surface area (Å²) in [7, 11) is 0. The average Bonchev–Trinajstić information content (AvgIpc) is 3.03. The van der Waals surface area contributed by atoms with Crippen molar-refractivity contribution in [3.05, 3.63) is 162 Å². The normalized spacial score (nSPS) is 18.4. The van der Waals surface area contributed by atoms with Gasteiger partial charge in [-0.1, -0.05) is 140 Å². The van der Waals surface area contributed by atoms with E-state index in [0.717, 1.165) is 19.3 Å². The van der Waals surface area contributed by atoms with Gasteiger partial charge in [-0.25, -0.2) is 0 Å². The lowest BCUT2D eigenvalue weighted by Gasteiger charge is -2.27.